The van der Waals surface area contributed by atoms with Gasteiger partial charge >= 0.3 is 6.03 Å². The first-order valence-electron chi connectivity index (χ1n) is 6.46. The lowest BCUT2D eigenvalue weighted by Crippen LogP contribution is -2.34. The van der Waals surface area contributed by atoms with Crippen molar-refractivity contribution in [3.8, 4) is 0 Å². The number of thiazole rings is 1. The fourth-order valence-corrected chi connectivity index (χ4v) is 4.41. The van der Waals surface area contributed by atoms with Gasteiger partial charge in [0.05, 0.1) is 9.98 Å². The molecule has 0 aliphatic carbocycles. The normalized spacial score (nSPS) is 11.6. The van der Waals surface area contributed by atoms with E-state index in [2.05, 4.69) is 26.2 Å². The van der Waals surface area contributed by atoms with Crippen molar-refractivity contribution < 1.29 is 17.6 Å². The number of benzene rings is 1. The number of carbonyl (C=O) groups excluding carboxylic acids is 1. The summed E-state index contributed by atoms with van der Waals surface area (Å²) in [5.41, 5.74) is 0.529. The molecule has 0 unspecified atom stereocenters. The lowest BCUT2D eigenvalue weighted by Gasteiger charge is -2.06. The van der Waals surface area contributed by atoms with E-state index in [4.69, 9.17) is 0 Å². The number of aryl methyl sites for hydroxylation is 1. The summed E-state index contributed by atoms with van der Waals surface area (Å²) >= 11 is 4.32. The third-order valence-corrected chi connectivity index (χ3v) is 5.88. The Morgan fingerprint density at radius 1 is 1.42 bits per heavy atom. The van der Waals surface area contributed by atoms with Crippen LogP contribution >= 0.6 is 27.3 Å². The highest BCUT2D eigenvalue weighted by Gasteiger charge is 2.23. The first-order valence-corrected chi connectivity index (χ1v) is 9.55. The average Bonchev–Trinajstić information content (AvgIpc) is 3.02. The van der Waals surface area contributed by atoms with Crippen LogP contribution in [-0.4, -0.2) is 24.0 Å². The van der Waals surface area contributed by atoms with Crippen LogP contribution in [0.4, 0.5) is 14.3 Å². The van der Waals surface area contributed by atoms with Crippen LogP contribution in [0.5, 0.6) is 0 Å². The maximum Gasteiger partial charge on any atom is 0.334 e. The second-order valence-corrected chi connectivity index (χ2v) is 8.86. The number of amides is 2. The van der Waals surface area contributed by atoms with Gasteiger partial charge in [-0.15, -0.1) is 0 Å². The van der Waals surface area contributed by atoms with E-state index >= 15 is 0 Å². The van der Waals surface area contributed by atoms with Gasteiger partial charge in [0.2, 0.25) is 0 Å². The van der Waals surface area contributed by atoms with E-state index in [0.29, 0.717) is 9.30 Å². The summed E-state index contributed by atoms with van der Waals surface area (Å²) in [6.45, 7) is 0. The molecule has 0 spiro atoms. The fourth-order valence-electron chi connectivity index (χ4n) is 2.15. The molecule has 0 aliphatic heterocycles. The molecule has 11 heteroatoms. The zero-order valence-electron chi connectivity index (χ0n) is 12.1. The summed E-state index contributed by atoms with van der Waals surface area (Å²) in [6, 6.07) is 2.86. The molecule has 1 aromatic carbocycles. The molecule has 0 atom stereocenters. The van der Waals surface area contributed by atoms with Crippen LogP contribution in [0.15, 0.2) is 39.3 Å². The van der Waals surface area contributed by atoms with Gasteiger partial charge in [0, 0.05) is 24.1 Å². The standard InChI is InChI=1S/C13H10BrFN4O3S2/c1-19-6-10(8-4-7(15)2-3-9(8)19)24(21,22)18-12(20)17-13-16-5-11(14)23-13/h2-6H,1H3,(H2,16,17,18,20). The van der Waals surface area contributed by atoms with Crippen molar-refractivity contribution in [3.63, 3.8) is 0 Å². The molecule has 0 radical (unpaired) electrons. The van der Waals surface area contributed by atoms with Crippen molar-refractivity contribution in [2.45, 2.75) is 4.90 Å². The minimum absolute atomic E-state index is 0.185. The Morgan fingerprint density at radius 2 is 2.17 bits per heavy atom. The average molecular weight is 433 g/mol. The molecule has 2 aromatic heterocycles. The summed E-state index contributed by atoms with van der Waals surface area (Å²) in [6.07, 6.45) is 2.79. The van der Waals surface area contributed by atoms with Gasteiger partial charge in [0.15, 0.2) is 5.13 Å². The molecule has 126 valence electrons. The molecule has 7 nitrogen and oxygen atoms in total. The van der Waals surface area contributed by atoms with E-state index in [1.807, 2.05) is 4.72 Å². The molecule has 0 saturated heterocycles. The number of hydrogen-bond donors (Lipinski definition) is 2. The molecule has 0 saturated carbocycles. The summed E-state index contributed by atoms with van der Waals surface area (Å²) < 4.78 is 42.5. The van der Waals surface area contributed by atoms with Crippen LogP contribution in [0.25, 0.3) is 10.9 Å². The predicted molar refractivity (Wildman–Crippen MR) is 92.0 cm³/mol. The third-order valence-electron chi connectivity index (χ3n) is 3.13. The zero-order chi connectivity index (χ0) is 17.5. The lowest BCUT2D eigenvalue weighted by molar-refractivity contribution is 0.256. The van der Waals surface area contributed by atoms with Gasteiger partial charge in [0.25, 0.3) is 10.0 Å². The largest absolute Gasteiger partial charge is 0.349 e. The van der Waals surface area contributed by atoms with Gasteiger partial charge in [-0.1, -0.05) is 11.3 Å². The Labute approximate surface area is 148 Å². The predicted octanol–water partition coefficient (Wildman–Crippen LogP) is 3.05. The maximum atomic E-state index is 13.5. The van der Waals surface area contributed by atoms with E-state index in [-0.39, 0.29) is 15.4 Å². The number of rotatable bonds is 3. The highest BCUT2D eigenvalue weighted by atomic mass is 79.9. The second-order valence-electron chi connectivity index (χ2n) is 4.79. The van der Waals surface area contributed by atoms with Crippen molar-refractivity contribution in [2.75, 3.05) is 5.32 Å². The fraction of sp³-hybridized carbons (Fsp3) is 0.0769. The van der Waals surface area contributed by atoms with Gasteiger partial charge in [-0.25, -0.2) is 27.3 Å². The number of nitrogens with zero attached hydrogens (tertiary/aromatic N) is 2. The zero-order valence-corrected chi connectivity index (χ0v) is 15.3. The van der Waals surface area contributed by atoms with Crippen molar-refractivity contribution >= 4 is 59.4 Å². The van der Waals surface area contributed by atoms with Crippen molar-refractivity contribution in [2.24, 2.45) is 7.05 Å². The van der Waals surface area contributed by atoms with E-state index in [1.54, 1.807) is 11.6 Å². The number of nitrogens with one attached hydrogen (secondary N) is 2. The number of anilines is 1. The van der Waals surface area contributed by atoms with Crippen LogP contribution in [-0.2, 0) is 17.1 Å². The molecule has 3 rings (SSSR count). The van der Waals surface area contributed by atoms with E-state index < -0.39 is 21.9 Å². The highest BCUT2D eigenvalue weighted by molar-refractivity contribution is 9.11. The molecular weight excluding hydrogens is 423 g/mol. The topological polar surface area (TPSA) is 93.1 Å². The molecule has 2 amide bonds. The van der Waals surface area contributed by atoms with Crippen molar-refractivity contribution in [1.29, 1.82) is 0 Å². The first kappa shape index (κ1) is 16.9. The van der Waals surface area contributed by atoms with Gasteiger partial charge in [0.1, 0.15) is 10.7 Å². The monoisotopic (exact) mass is 432 g/mol. The first-order chi connectivity index (χ1) is 11.3. The smallest absolute Gasteiger partial charge is 0.334 e. The number of halogens is 2. The lowest BCUT2D eigenvalue weighted by atomic mass is 10.2. The molecule has 24 heavy (non-hydrogen) atoms. The van der Waals surface area contributed by atoms with Gasteiger partial charge in [-0.2, -0.15) is 0 Å². The summed E-state index contributed by atoms with van der Waals surface area (Å²) in [5, 5.41) is 2.75. The molecule has 0 fully saturated rings. The molecular formula is C13H10BrFN4O3S2. The maximum absolute atomic E-state index is 13.5. The quantitative estimate of drug-likeness (QED) is 0.664. The van der Waals surface area contributed by atoms with Gasteiger partial charge in [-0.05, 0) is 34.1 Å². The molecule has 2 N–H and O–H groups in total. The Bertz CT molecular complexity index is 1040. The number of sulfonamides is 1. The van der Waals surface area contributed by atoms with Gasteiger partial charge in [-0.3, -0.25) is 5.32 Å². The Kier molecular flexibility index (Phi) is 4.32. The number of fused-ring (bicyclic) bond motifs is 1. The van der Waals surface area contributed by atoms with E-state index in [1.165, 1.54) is 24.5 Å². The van der Waals surface area contributed by atoms with Crippen molar-refractivity contribution in [3.05, 3.63) is 40.2 Å². The van der Waals surface area contributed by atoms with Crippen LogP contribution in [0.2, 0.25) is 0 Å². The number of hydrogen-bond acceptors (Lipinski definition) is 5. The minimum Gasteiger partial charge on any atom is -0.349 e. The SMILES string of the molecule is Cn1cc(S(=O)(=O)NC(=O)Nc2ncc(Br)s2)c2cc(F)ccc21. The summed E-state index contributed by atoms with van der Waals surface area (Å²) in [4.78, 5) is 15.6. The van der Waals surface area contributed by atoms with Crippen LogP contribution in [0.3, 0.4) is 0 Å². The summed E-state index contributed by atoms with van der Waals surface area (Å²) in [5.74, 6) is -0.567. The highest BCUT2D eigenvalue weighted by Crippen LogP contribution is 2.26. The van der Waals surface area contributed by atoms with Crippen molar-refractivity contribution in [1.82, 2.24) is 14.3 Å². The van der Waals surface area contributed by atoms with Crippen LogP contribution in [0.1, 0.15) is 0 Å². The Morgan fingerprint density at radius 3 is 2.83 bits per heavy atom. The number of carbonyl (C=O) groups is 1. The Hall–Kier alpha value is -1.98. The third kappa shape index (κ3) is 3.28. The molecule has 0 bridgehead atoms. The summed E-state index contributed by atoms with van der Waals surface area (Å²) in [7, 11) is -2.55. The number of urea groups is 1. The minimum atomic E-state index is -4.18. The second kappa shape index (κ2) is 6.15. The van der Waals surface area contributed by atoms with E-state index in [0.717, 1.165) is 17.4 Å². The number of aromatic nitrogens is 2. The van der Waals surface area contributed by atoms with E-state index in [9.17, 15) is 17.6 Å². The molecule has 2 heterocycles. The molecule has 3 aromatic rings. The molecule has 0 aliphatic rings. The van der Waals surface area contributed by atoms with Gasteiger partial charge < -0.3 is 4.57 Å². The Balaban J connectivity index is 1.90. The van der Waals surface area contributed by atoms with Crippen LogP contribution < -0.4 is 10.0 Å². The van der Waals surface area contributed by atoms with Crippen LogP contribution in [0, 0.1) is 5.82 Å².